The molecule has 0 radical (unpaired) electrons. The third-order valence-corrected chi connectivity index (χ3v) is 3.91. The molecular weight excluding hydrogens is 282 g/mol. The lowest BCUT2D eigenvalue weighted by atomic mass is 10.1. The number of nitrogens with two attached hydrogens (primary N) is 1. The second kappa shape index (κ2) is 4.68. The molecule has 0 aliphatic rings. The normalized spacial score (nSPS) is 10.8. The topological polar surface area (TPSA) is 61.0 Å². The summed E-state index contributed by atoms with van der Waals surface area (Å²) >= 11 is 7.66. The highest BCUT2D eigenvalue weighted by atomic mass is 35.5. The summed E-state index contributed by atoms with van der Waals surface area (Å²) in [5.74, 6) is 0.396. The number of pyridine rings is 1. The van der Waals surface area contributed by atoms with Gasteiger partial charge in [0.1, 0.15) is 10.7 Å². The first-order valence-electron chi connectivity index (χ1n) is 5.55. The smallest absolute Gasteiger partial charge is 0.242 e. The van der Waals surface area contributed by atoms with Crippen molar-refractivity contribution in [1.29, 1.82) is 0 Å². The van der Waals surface area contributed by atoms with Gasteiger partial charge in [-0.2, -0.15) is 4.98 Å². The van der Waals surface area contributed by atoms with E-state index in [1.54, 1.807) is 0 Å². The van der Waals surface area contributed by atoms with E-state index < -0.39 is 0 Å². The van der Waals surface area contributed by atoms with Crippen LogP contribution in [0.3, 0.4) is 0 Å². The molecule has 19 heavy (non-hydrogen) atoms. The van der Waals surface area contributed by atoms with E-state index in [2.05, 4.69) is 9.97 Å². The number of methoxy groups -OCH3 is 1. The molecule has 4 nitrogen and oxygen atoms in total. The fraction of sp³-hybridized carbons (Fsp3) is 0.0769. The number of benzene rings is 1. The molecule has 0 saturated carbocycles. The van der Waals surface area contributed by atoms with Gasteiger partial charge in [0, 0.05) is 5.56 Å². The van der Waals surface area contributed by atoms with Crippen LogP contribution in [0.1, 0.15) is 0 Å². The first-order valence-corrected chi connectivity index (χ1v) is 6.75. The first-order chi connectivity index (χ1) is 9.20. The molecule has 1 aromatic carbocycles. The van der Waals surface area contributed by atoms with Crippen molar-refractivity contribution in [2.24, 2.45) is 0 Å². The molecule has 0 aliphatic heterocycles. The molecule has 0 saturated heterocycles. The van der Waals surface area contributed by atoms with Crippen LogP contribution in [-0.2, 0) is 0 Å². The molecule has 0 unspecified atom stereocenters. The van der Waals surface area contributed by atoms with Crippen molar-refractivity contribution in [3.63, 3.8) is 0 Å². The third-order valence-electron chi connectivity index (χ3n) is 2.74. The maximum atomic E-state index is 6.28. The van der Waals surface area contributed by atoms with Crippen LogP contribution in [-0.4, -0.2) is 17.1 Å². The summed E-state index contributed by atoms with van der Waals surface area (Å²) in [4.78, 5) is 8.50. The zero-order chi connectivity index (χ0) is 13.4. The van der Waals surface area contributed by atoms with E-state index in [4.69, 9.17) is 22.1 Å². The quantitative estimate of drug-likeness (QED) is 0.733. The van der Waals surface area contributed by atoms with Crippen molar-refractivity contribution in [1.82, 2.24) is 9.97 Å². The van der Waals surface area contributed by atoms with Crippen LogP contribution in [0, 0.1) is 0 Å². The Hall–Kier alpha value is -1.85. The van der Waals surface area contributed by atoms with Crippen molar-refractivity contribution in [3.8, 4) is 17.0 Å². The molecule has 2 N–H and O–H groups in total. The molecule has 3 rings (SSSR count). The number of anilines is 1. The van der Waals surface area contributed by atoms with Crippen molar-refractivity contribution in [2.45, 2.75) is 0 Å². The summed E-state index contributed by atoms with van der Waals surface area (Å²) in [6.07, 6.45) is 0. The van der Waals surface area contributed by atoms with Gasteiger partial charge in [-0.05, 0) is 5.56 Å². The monoisotopic (exact) mass is 291 g/mol. The first kappa shape index (κ1) is 12.2. The van der Waals surface area contributed by atoms with Gasteiger partial charge >= 0.3 is 0 Å². The fourth-order valence-electron chi connectivity index (χ4n) is 1.94. The zero-order valence-electron chi connectivity index (χ0n) is 10.1. The molecule has 0 fully saturated rings. The number of ether oxygens (including phenoxy) is 1. The second-order valence-electron chi connectivity index (χ2n) is 3.88. The average molecular weight is 292 g/mol. The number of thiazole rings is 1. The Bertz CT molecular complexity index is 742. The largest absolute Gasteiger partial charge is 0.479 e. The lowest BCUT2D eigenvalue weighted by Crippen LogP contribution is -1.92. The predicted molar refractivity (Wildman–Crippen MR) is 78.8 cm³/mol. The van der Waals surface area contributed by atoms with Gasteiger partial charge in [-0.25, -0.2) is 4.98 Å². The number of rotatable bonds is 2. The number of hydrogen-bond acceptors (Lipinski definition) is 5. The van der Waals surface area contributed by atoms with Gasteiger partial charge in [0.25, 0.3) is 0 Å². The highest BCUT2D eigenvalue weighted by Crippen LogP contribution is 2.41. The Morgan fingerprint density at radius 2 is 1.95 bits per heavy atom. The number of fused-ring (bicyclic) bond motifs is 1. The fourth-order valence-corrected chi connectivity index (χ4v) is 3.17. The minimum Gasteiger partial charge on any atom is -0.479 e. The molecule has 0 bridgehead atoms. The van der Waals surface area contributed by atoms with Crippen molar-refractivity contribution in [3.05, 3.63) is 35.5 Å². The minimum absolute atomic E-state index is 0.388. The maximum absolute atomic E-state index is 6.28. The predicted octanol–water partition coefficient (Wildman–Crippen LogP) is 3.60. The van der Waals surface area contributed by atoms with E-state index in [-0.39, 0.29) is 0 Å². The van der Waals surface area contributed by atoms with Crippen LogP contribution in [0.2, 0.25) is 5.15 Å². The summed E-state index contributed by atoms with van der Waals surface area (Å²) < 4.78 is 6.09. The molecule has 0 amide bonds. The van der Waals surface area contributed by atoms with Crippen molar-refractivity contribution in [2.75, 3.05) is 12.8 Å². The number of hydrogen-bond donors (Lipinski definition) is 1. The Labute approximate surface area is 118 Å². The lowest BCUT2D eigenvalue weighted by Gasteiger charge is -2.07. The van der Waals surface area contributed by atoms with E-state index in [1.807, 2.05) is 30.3 Å². The van der Waals surface area contributed by atoms with Crippen molar-refractivity contribution >= 4 is 38.3 Å². The molecule has 2 aromatic heterocycles. The molecule has 3 aromatic rings. The van der Waals surface area contributed by atoms with Gasteiger partial charge in [0.05, 0.1) is 11.8 Å². The average Bonchev–Trinajstić information content (AvgIpc) is 2.80. The Morgan fingerprint density at radius 1 is 1.21 bits per heavy atom. The zero-order valence-corrected chi connectivity index (χ0v) is 11.6. The Balaban J connectivity index is 2.39. The molecule has 0 aliphatic carbocycles. The van der Waals surface area contributed by atoms with Crippen LogP contribution < -0.4 is 10.5 Å². The van der Waals surface area contributed by atoms with E-state index in [1.165, 1.54) is 18.4 Å². The van der Waals surface area contributed by atoms with E-state index in [0.29, 0.717) is 21.7 Å². The summed E-state index contributed by atoms with van der Waals surface area (Å²) in [7, 11) is 1.54. The summed E-state index contributed by atoms with van der Waals surface area (Å²) in [5, 5.41) is 0.855. The highest BCUT2D eigenvalue weighted by Gasteiger charge is 2.18. The summed E-state index contributed by atoms with van der Waals surface area (Å²) in [6.45, 7) is 0. The molecule has 6 heteroatoms. The van der Waals surface area contributed by atoms with Gasteiger partial charge in [0.15, 0.2) is 5.13 Å². The lowest BCUT2D eigenvalue weighted by molar-refractivity contribution is 0.403. The number of nitrogens with zero attached hydrogens (tertiary/aromatic N) is 2. The molecule has 0 atom stereocenters. The Kier molecular flexibility index (Phi) is 3.00. The second-order valence-corrected chi connectivity index (χ2v) is 5.27. The van der Waals surface area contributed by atoms with E-state index >= 15 is 0 Å². The van der Waals surface area contributed by atoms with Crippen molar-refractivity contribution < 1.29 is 4.74 Å². The SMILES string of the molecule is COc1nc(Cl)c(-c2ccccc2)c2sc(N)nc12. The molecule has 96 valence electrons. The maximum Gasteiger partial charge on any atom is 0.242 e. The van der Waals surface area contributed by atoms with Gasteiger partial charge in [0.2, 0.25) is 5.88 Å². The number of aromatic nitrogens is 2. The molecular formula is C13H10ClN3OS. The summed E-state index contributed by atoms with van der Waals surface area (Å²) in [6, 6.07) is 9.81. The minimum atomic E-state index is 0.388. The van der Waals surface area contributed by atoms with Crippen LogP contribution in [0.25, 0.3) is 21.3 Å². The van der Waals surface area contributed by atoms with Gasteiger partial charge < -0.3 is 10.5 Å². The third kappa shape index (κ3) is 2.01. The van der Waals surface area contributed by atoms with Gasteiger partial charge in [-0.3, -0.25) is 0 Å². The number of nitrogen functional groups attached to an aromatic ring is 1. The molecule has 2 heterocycles. The Morgan fingerprint density at radius 3 is 2.63 bits per heavy atom. The van der Waals surface area contributed by atoms with E-state index in [9.17, 15) is 0 Å². The highest BCUT2D eigenvalue weighted by molar-refractivity contribution is 7.22. The van der Waals surface area contributed by atoms with Crippen LogP contribution in [0.4, 0.5) is 5.13 Å². The van der Waals surface area contributed by atoms with Gasteiger partial charge in [-0.1, -0.05) is 53.3 Å². The summed E-state index contributed by atoms with van der Waals surface area (Å²) in [5.41, 5.74) is 8.26. The standard InChI is InChI=1S/C13H10ClN3OS/c1-18-12-9-10(19-13(15)16-9)8(11(14)17-12)7-5-3-2-4-6-7/h2-6H,1H3,(H2,15,16). The number of halogens is 1. The van der Waals surface area contributed by atoms with Crippen LogP contribution >= 0.6 is 22.9 Å². The van der Waals surface area contributed by atoms with Crippen LogP contribution in [0.15, 0.2) is 30.3 Å². The van der Waals surface area contributed by atoms with Crippen LogP contribution in [0.5, 0.6) is 5.88 Å². The van der Waals surface area contributed by atoms with E-state index in [0.717, 1.165) is 15.8 Å². The molecule has 0 spiro atoms. The van der Waals surface area contributed by atoms with Gasteiger partial charge in [-0.15, -0.1) is 0 Å².